The number of fused-ring (bicyclic) bond motifs is 2. The lowest BCUT2D eigenvalue weighted by atomic mass is 10.1. The van der Waals surface area contributed by atoms with E-state index in [1.165, 1.54) is 0 Å². The molecule has 12 heteroatoms. The van der Waals surface area contributed by atoms with Crippen molar-refractivity contribution in [3.63, 3.8) is 0 Å². The summed E-state index contributed by atoms with van der Waals surface area (Å²) in [5.74, 6) is 0.181. The number of ether oxygens (including phenoxy) is 2. The van der Waals surface area contributed by atoms with Gasteiger partial charge in [-0.1, -0.05) is 55.4 Å². The maximum Gasteiger partial charge on any atom is 0.335 e. The number of hydrogen-bond acceptors (Lipinski definition) is 9. The molecule has 0 bridgehead atoms. The summed E-state index contributed by atoms with van der Waals surface area (Å²) < 4.78 is 35.9. The summed E-state index contributed by atoms with van der Waals surface area (Å²) >= 11 is 0. The Morgan fingerprint density at radius 1 is 1.00 bits per heavy atom. The molecule has 196 valence electrons. The van der Waals surface area contributed by atoms with Crippen LogP contribution < -0.4 is 5.73 Å². The van der Waals surface area contributed by atoms with Crippen LogP contribution in [0.15, 0.2) is 12.5 Å². The predicted molar refractivity (Wildman–Crippen MR) is 138 cm³/mol. The normalized spacial score (nSPS) is 28.7. The highest BCUT2D eigenvalue weighted by atomic mass is 28.5. The van der Waals surface area contributed by atoms with Gasteiger partial charge in [-0.05, 0) is 22.2 Å². The van der Waals surface area contributed by atoms with E-state index in [0.29, 0.717) is 17.8 Å². The van der Waals surface area contributed by atoms with E-state index in [-0.39, 0.29) is 40.3 Å². The van der Waals surface area contributed by atoms with Crippen LogP contribution in [0.2, 0.25) is 22.2 Å². The molecule has 4 heterocycles. The van der Waals surface area contributed by atoms with Crippen molar-refractivity contribution in [2.24, 2.45) is 0 Å². The highest BCUT2D eigenvalue weighted by Gasteiger charge is 2.62. The van der Waals surface area contributed by atoms with E-state index < -0.39 is 29.5 Å². The van der Waals surface area contributed by atoms with Crippen molar-refractivity contribution in [2.75, 3.05) is 19.5 Å². The standard InChI is InChI=1S/C23H41N5O5Si2/c1-13(2)34(14(3)4)30-11-18-19(32-35(33-34,15(5)6)16(7)8)20(29-9)22(31-18)28-12-26-17-10-25-23(24)27-21(17)28/h10,12-16,18-20,22H,11H2,1-9H3,(H2,24,25,27)/t18-,19-,20-,22-/m1/s1. The van der Waals surface area contributed by atoms with E-state index in [1.807, 2.05) is 4.57 Å². The maximum atomic E-state index is 7.29. The van der Waals surface area contributed by atoms with Crippen molar-refractivity contribution in [1.29, 1.82) is 0 Å². The van der Waals surface area contributed by atoms with E-state index in [0.717, 1.165) is 0 Å². The molecule has 2 aromatic rings. The number of nitrogens with two attached hydrogens (primary N) is 1. The van der Waals surface area contributed by atoms with Crippen molar-refractivity contribution in [2.45, 2.75) is 102 Å². The van der Waals surface area contributed by atoms with Gasteiger partial charge in [-0.15, -0.1) is 0 Å². The summed E-state index contributed by atoms with van der Waals surface area (Å²) in [5.41, 5.74) is 8.07. The highest BCUT2D eigenvalue weighted by molar-refractivity contribution is 6.84. The van der Waals surface area contributed by atoms with Gasteiger partial charge in [0, 0.05) is 7.11 Å². The SMILES string of the molecule is CO[C@@H]1[C@@H]2O[Si](C(C)C)(C(C)C)O[Si](C(C)C)(C(C)C)OC[C@H]2O[C@H]1n1cnc2cnc(N)nc21. The Hall–Kier alpha value is -1.42. The van der Waals surface area contributed by atoms with Gasteiger partial charge in [0.15, 0.2) is 11.9 Å². The molecule has 0 amide bonds. The van der Waals surface area contributed by atoms with Crippen molar-refractivity contribution in [1.82, 2.24) is 19.5 Å². The van der Waals surface area contributed by atoms with E-state index in [1.54, 1.807) is 19.6 Å². The van der Waals surface area contributed by atoms with Crippen LogP contribution in [0, 0.1) is 0 Å². The second-order valence-corrected chi connectivity index (χ2v) is 19.8. The van der Waals surface area contributed by atoms with Crippen molar-refractivity contribution < 1.29 is 22.4 Å². The Kier molecular flexibility index (Phi) is 7.46. The van der Waals surface area contributed by atoms with Crippen LogP contribution in [0.4, 0.5) is 5.95 Å². The smallest absolute Gasteiger partial charge is 0.335 e. The average Bonchev–Trinajstić information content (AvgIpc) is 3.33. The first kappa shape index (κ1) is 26.6. The minimum Gasteiger partial charge on any atom is -0.414 e. The molecule has 0 unspecified atom stereocenters. The fourth-order valence-corrected chi connectivity index (χ4v) is 16.8. The zero-order chi connectivity index (χ0) is 25.7. The maximum absolute atomic E-state index is 7.29. The first-order valence-electron chi connectivity index (χ1n) is 12.6. The molecule has 2 N–H and O–H groups in total. The average molecular weight is 524 g/mol. The van der Waals surface area contributed by atoms with Gasteiger partial charge in [-0.25, -0.2) is 9.97 Å². The van der Waals surface area contributed by atoms with E-state index >= 15 is 0 Å². The van der Waals surface area contributed by atoms with Gasteiger partial charge >= 0.3 is 17.1 Å². The summed E-state index contributed by atoms with van der Waals surface area (Å²) in [6.45, 7) is 18.1. The molecular weight excluding hydrogens is 482 g/mol. The molecule has 2 fully saturated rings. The molecule has 10 nitrogen and oxygen atoms in total. The molecule has 0 spiro atoms. The number of aromatic nitrogens is 4. The van der Waals surface area contributed by atoms with Crippen LogP contribution >= 0.6 is 0 Å². The Morgan fingerprint density at radius 3 is 2.20 bits per heavy atom. The third kappa shape index (κ3) is 4.36. The lowest BCUT2D eigenvalue weighted by Gasteiger charge is -2.51. The van der Waals surface area contributed by atoms with Gasteiger partial charge in [-0.2, -0.15) is 4.98 Å². The molecule has 2 aromatic heterocycles. The van der Waals surface area contributed by atoms with Gasteiger partial charge in [0.2, 0.25) is 5.95 Å². The van der Waals surface area contributed by atoms with Crippen LogP contribution in [0.3, 0.4) is 0 Å². The topological polar surface area (TPSA) is 116 Å². The summed E-state index contributed by atoms with van der Waals surface area (Å²) in [4.78, 5) is 12.9. The van der Waals surface area contributed by atoms with Gasteiger partial charge < -0.3 is 28.2 Å². The second kappa shape index (κ2) is 9.80. The van der Waals surface area contributed by atoms with E-state index in [9.17, 15) is 0 Å². The van der Waals surface area contributed by atoms with Crippen molar-refractivity contribution in [3.05, 3.63) is 12.5 Å². The fourth-order valence-electron chi connectivity index (χ4n) is 5.62. The van der Waals surface area contributed by atoms with E-state index in [2.05, 4.69) is 70.3 Å². The second-order valence-electron chi connectivity index (χ2n) is 10.9. The molecule has 2 saturated heterocycles. The zero-order valence-electron chi connectivity index (χ0n) is 22.4. The van der Waals surface area contributed by atoms with Crippen LogP contribution in [0.1, 0.15) is 61.6 Å². The Morgan fingerprint density at radius 2 is 1.63 bits per heavy atom. The molecule has 2 aliphatic heterocycles. The molecule has 0 aliphatic carbocycles. The lowest BCUT2D eigenvalue weighted by molar-refractivity contribution is -0.0602. The molecular formula is C23H41N5O5Si2. The molecule has 4 atom stereocenters. The molecule has 4 rings (SSSR count). The quantitative estimate of drug-likeness (QED) is 0.554. The number of imidazole rings is 1. The Bertz CT molecular complexity index is 1020. The van der Waals surface area contributed by atoms with Gasteiger partial charge in [-0.3, -0.25) is 4.57 Å². The first-order chi connectivity index (χ1) is 16.5. The third-order valence-corrected chi connectivity index (χ3v) is 17.7. The van der Waals surface area contributed by atoms with Crippen LogP contribution in [0.25, 0.3) is 11.2 Å². The van der Waals surface area contributed by atoms with Gasteiger partial charge in [0.05, 0.1) is 19.1 Å². The van der Waals surface area contributed by atoms with E-state index in [4.69, 9.17) is 28.2 Å². The van der Waals surface area contributed by atoms with Crippen LogP contribution in [0.5, 0.6) is 0 Å². The number of rotatable bonds is 6. The monoisotopic (exact) mass is 523 g/mol. The molecule has 0 aromatic carbocycles. The molecule has 0 saturated carbocycles. The van der Waals surface area contributed by atoms with Crippen molar-refractivity contribution >= 4 is 34.2 Å². The molecule has 35 heavy (non-hydrogen) atoms. The minimum absolute atomic E-state index is 0.181. The Balaban J connectivity index is 1.80. The summed E-state index contributed by atoms with van der Waals surface area (Å²) in [7, 11) is -3.76. The molecule has 0 radical (unpaired) electrons. The zero-order valence-corrected chi connectivity index (χ0v) is 24.4. The van der Waals surface area contributed by atoms with Crippen LogP contribution in [-0.4, -0.2) is 68.7 Å². The molecule has 2 aliphatic rings. The highest BCUT2D eigenvalue weighted by Crippen LogP contribution is 2.48. The fraction of sp³-hybridized carbons (Fsp3) is 0.783. The first-order valence-corrected chi connectivity index (χ1v) is 16.6. The number of nitrogen functional groups attached to an aromatic ring is 1. The minimum atomic E-state index is -2.80. The Labute approximate surface area is 210 Å². The number of nitrogens with zero attached hydrogens (tertiary/aromatic N) is 4. The predicted octanol–water partition coefficient (Wildman–Crippen LogP) is 4.28. The number of methoxy groups -OCH3 is 1. The van der Waals surface area contributed by atoms with Gasteiger partial charge in [0.1, 0.15) is 23.8 Å². The number of anilines is 1. The van der Waals surface area contributed by atoms with Gasteiger partial charge in [0.25, 0.3) is 0 Å². The van der Waals surface area contributed by atoms with Crippen molar-refractivity contribution in [3.8, 4) is 0 Å². The summed E-state index contributed by atoms with van der Waals surface area (Å²) in [6, 6.07) is 0. The van der Waals surface area contributed by atoms with Crippen LogP contribution in [-0.2, 0) is 22.4 Å². The lowest BCUT2D eigenvalue weighted by Crippen LogP contribution is -2.65. The summed E-state index contributed by atoms with van der Waals surface area (Å²) in [6.07, 6.45) is 1.72. The largest absolute Gasteiger partial charge is 0.414 e. The number of hydrogen-bond donors (Lipinski definition) is 1. The third-order valence-electron chi connectivity index (χ3n) is 7.50. The summed E-state index contributed by atoms with van der Waals surface area (Å²) in [5, 5.41) is 0.